The predicted molar refractivity (Wildman–Crippen MR) is 40.4 cm³/mol. The Kier molecular flexibility index (Phi) is 2.76. The summed E-state index contributed by atoms with van der Waals surface area (Å²) in [4.78, 5) is 11.1. The summed E-state index contributed by atoms with van der Waals surface area (Å²) in [6.07, 6.45) is 1.32. The fourth-order valence-electron chi connectivity index (χ4n) is 0.654. The molecule has 0 bridgehead atoms. The zero-order valence-corrected chi connectivity index (χ0v) is 6.61. The van der Waals surface area contributed by atoms with E-state index < -0.39 is 0 Å². The molecule has 1 atom stereocenters. The monoisotopic (exact) mass is 170 g/mol. The molecule has 0 spiro atoms. The third-order valence-electron chi connectivity index (χ3n) is 1.30. The molecular formula is C6H10N4O2. The van der Waals surface area contributed by atoms with Crippen molar-refractivity contribution in [2.75, 3.05) is 6.61 Å². The summed E-state index contributed by atoms with van der Waals surface area (Å²) in [5.41, 5.74) is 0.218. The standard InChI is InChI=1S/C6H10N4O2/c1-4(3-11)8-6(12)5-2-7-10-9-5/h2,4,11H,3H2,1H3,(H,8,12)(H,7,9,10)/t4-/m0/s1. The summed E-state index contributed by atoms with van der Waals surface area (Å²) in [5.74, 6) is -0.342. The van der Waals surface area contributed by atoms with Crippen molar-refractivity contribution in [2.45, 2.75) is 13.0 Å². The lowest BCUT2D eigenvalue weighted by molar-refractivity contribution is 0.0917. The molecule has 0 radical (unpaired) electrons. The number of carbonyl (C=O) groups is 1. The first-order chi connectivity index (χ1) is 5.74. The molecule has 0 aliphatic carbocycles. The minimum atomic E-state index is -0.342. The maximum atomic E-state index is 11.1. The lowest BCUT2D eigenvalue weighted by atomic mass is 10.3. The van der Waals surface area contributed by atoms with Gasteiger partial charge < -0.3 is 10.4 Å². The van der Waals surface area contributed by atoms with Crippen LogP contribution in [-0.4, -0.2) is 39.1 Å². The van der Waals surface area contributed by atoms with Crippen LogP contribution in [0.2, 0.25) is 0 Å². The van der Waals surface area contributed by atoms with Crippen LogP contribution in [0.4, 0.5) is 0 Å². The number of nitrogens with zero attached hydrogens (tertiary/aromatic N) is 2. The first-order valence-corrected chi connectivity index (χ1v) is 3.51. The molecule has 1 heterocycles. The van der Waals surface area contributed by atoms with Crippen molar-refractivity contribution in [3.8, 4) is 0 Å². The number of hydrogen-bond donors (Lipinski definition) is 3. The first-order valence-electron chi connectivity index (χ1n) is 3.51. The molecule has 0 aliphatic heterocycles. The van der Waals surface area contributed by atoms with Crippen molar-refractivity contribution in [3.63, 3.8) is 0 Å². The highest BCUT2D eigenvalue weighted by Gasteiger charge is 2.10. The van der Waals surface area contributed by atoms with Crippen LogP contribution in [0.1, 0.15) is 17.4 Å². The highest BCUT2D eigenvalue weighted by Crippen LogP contribution is 1.89. The predicted octanol–water partition coefficient (Wildman–Crippen LogP) is -1.08. The molecule has 6 nitrogen and oxygen atoms in total. The Morgan fingerprint density at radius 1 is 1.92 bits per heavy atom. The fourth-order valence-corrected chi connectivity index (χ4v) is 0.654. The van der Waals surface area contributed by atoms with E-state index in [1.54, 1.807) is 6.92 Å². The summed E-state index contributed by atoms with van der Waals surface area (Å²) >= 11 is 0. The van der Waals surface area contributed by atoms with Crippen molar-refractivity contribution in [3.05, 3.63) is 11.9 Å². The van der Waals surface area contributed by atoms with Gasteiger partial charge in [0.1, 0.15) is 0 Å². The van der Waals surface area contributed by atoms with Crippen LogP contribution < -0.4 is 5.32 Å². The highest BCUT2D eigenvalue weighted by molar-refractivity contribution is 5.91. The summed E-state index contributed by atoms with van der Waals surface area (Å²) in [7, 11) is 0. The second-order valence-electron chi connectivity index (χ2n) is 2.41. The number of aromatic amines is 1. The largest absolute Gasteiger partial charge is 0.394 e. The Morgan fingerprint density at radius 3 is 3.17 bits per heavy atom. The Labute approximate surface area is 69.0 Å². The van der Waals surface area contributed by atoms with E-state index in [0.717, 1.165) is 0 Å². The number of aliphatic hydroxyl groups is 1. The van der Waals surface area contributed by atoms with Gasteiger partial charge in [-0.25, -0.2) is 0 Å². The number of aromatic nitrogens is 3. The van der Waals surface area contributed by atoms with Crippen molar-refractivity contribution >= 4 is 5.91 Å². The highest BCUT2D eigenvalue weighted by atomic mass is 16.3. The van der Waals surface area contributed by atoms with Crippen molar-refractivity contribution < 1.29 is 9.90 Å². The van der Waals surface area contributed by atoms with Crippen LogP contribution in [0.15, 0.2) is 6.20 Å². The molecule has 0 aliphatic rings. The summed E-state index contributed by atoms with van der Waals surface area (Å²) < 4.78 is 0. The van der Waals surface area contributed by atoms with E-state index in [9.17, 15) is 4.79 Å². The van der Waals surface area contributed by atoms with Crippen LogP contribution in [0.5, 0.6) is 0 Å². The van der Waals surface area contributed by atoms with Gasteiger partial charge in [-0.05, 0) is 6.92 Å². The zero-order chi connectivity index (χ0) is 8.97. The molecule has 6 heteroatoms. The van der Waals surface area contributed by atoms with Gasteiger partial charge in [-0.1, -0.05) is 0 Å². The molecule has 3 N–H and O–H groups in total. The second-order valence-corrected chi connectivity index (χ2v) is 2.41. The van der Waals surface area contributed by atoms with E-state index in [4.69, 9.17) is 5.11 Å². The molecule has 1 aromatic heterocycles. The zero-order valence-electron chi connectivity index (χ0n) is 6.61. The van der Waals surface area contributed by atoms with Crippen LogP contribution in [0.3, 0.4) is 0 Å². The van der Waals surface area contributed by atoms with Crippen molar-refractivity contribution in [1.82, 2.24) is 20.7 Å². The smallest absolute Gasteiger partial charge is 0.273 e. The fraction of sp³-hybridized carbons (Fsp3) is 0.500. The van der Waals surface area contributed by atoms with E-state index in [-0.39, 0.29) is 24.2 Å². The van der Waals surface area contributed by atoms with Crippen LogP contribution in [0.25, 0.3) is 0 Å². The molecule has 0 fully saturated rings. The Morgan fingerprint density at radius 2 is 2.67 bits per heavy atom. The van der Waals surface area contributed by atoms with Gasteiger partial charge in [0.25, 0.3) is 5.91 Å². The quantitative estimate of drug-likeness (QED) is 0.538. The molecule has 0 aromatic carbocycles. The topological polar surface area (TPSA) is 90.9 Å². The lowest BCUT2D eigenvalue weighted by Crippen LogP contribution is -2.35. The first kappa shape index (κ1) is 8.66. The number of hydrogen-bond acceptors (Lipinski definition) is 4. The molecule has 0 unspecified atom stereocenters. The molecule has 0 saturated heterocycles. The van der Waals surface area contributed by atoms with Gasteiger partial charge >= 0.3 is 0 Å². The SMILES string of the molecule is C[C@@H](CO)NC(=O)c1cn[nH]n1. The third kappa shape index (κ3) is 2.03. The Bertz CT molecular complexity index is 246. The minimum absolute atomic E-state index is 0.0937. The molecule has 66 valence electrons. The van der Waals surface area contributed by atoms with Gasteiger partial charge in [0.2, 0.25) is 0 Å². The molecule has 1 rings (SSSR count). The average Bonchev–Trinajstić information content (AvgIpc) is 2.56. The number of rotatable bonds is 3. The van der Waals surface area contributed by atoms with E-state index in [1.807, 2.05) is 0 Å². The Hall–Kier alpha value is -1.43. The number of amides is 1. The van der Waals surface area contributed by atoms with Gasteiger partial charge in [0, 0.05) is 6.04 Å². The number of nitrogens with one attached hydrogen (secondary N) is 2. The van der Waals surface area contributed by atoms with Gasteiger partial charge in [-0.2, -0.15) is 15.4 Å². The van der Waals surface area contributed by atoms with E-state index in [2.05, 4.69) is 20.7 Å². The van der Waals surface area contributed by atoms with Crippen LogP contribution in [0, 0.1) is 0 Å². The lowest BCUT2D eigenvalue weighted by Gasteiger charge is -2.07. The normalized spacial score (nSPS) is 12.5. The molecular weight excluding hydrogens is 160 g/mol. The number of H-pyrrole nitrogens is 1. The number of carbonyl (C=O) groups excluding carboxylic acids is 1. The second kappa shape index (κ2) is 3.82. The van der Waals surface area contributed by atoms with Gasteiger partial charge in [-0.15, -0.1) is 0 Å². The van der Waals surface area contributed by atoms with Crippen molar-refractivity contribution in [2.24, 2.45) is 0 Å². The summed E-state index contributed by atoms with van der Waals surface area (Å²) in [6, 6.07) is -0.269. The average molecular weight is 170 g/mol. The third-order valence-corrected chi connectivity index (χ3v) is 1.30. The minimum Gasteiger partial charge on any atom is -0.394 e. The summed E-state index contributed by atoms with van der Waals surface area (Å²) in [6.45, 7) is 1.60. The molecule has 12 heavy (non-hydrogen) atoms. The molecule has 1 aromatic rings. The molecule has 0 saturated carbocycles. The van der Waals surface area contributed by atoms with Gasteiger partial charge in [0.15, 0.2) is 5.69 Å². The van der Waals surface area contributed by atoms with Crippen LogP contribution in [-0.2, 0) is 0 Å². The van der Waals surface area contributed by atoms with E-state index in [1.165, 1.54) is 6.20 Å². The van der Waals surface area contributed by atoms with Crippen LogP contribution >= 0.6 is 0 Å². The van der Waals surface area contributed by atoms with Gasteiger partial charge in [0.05, 0.1) is 12.8 Å². The van der Waals surface area contributed by atoms with E-state index in [0.29, 0.717) is 0 Å². The number of aliphatic hydroxyl groups excluding tert-OH is 1. The maximum Gasteiger partial charge on any atom is 0.273 e. The van der Waals surface area contributed by atoms with E-state index >= 15 is 0 Å². The maximum absolute atomic E-state index is 11.1. The Balaban J connectivity index is 2.50. The molecule has 1 amide bonds. The summed E-state index contributed by atoms with van der Waals surface area (Å²) in [5, 5.41) is 20.5. The van der Waals surface area contributed by atoms with Crippen molar-refractivity contribution in [1.29, 1.82) is 0 Å². The van der Waals surface area contributed by atoms with Gasteiger partial charge in [-0.3, -0.25) is 4.79 Å².